The van der Waals surface area contributed by atoms with E-state index < -0.39 is 0 Å². The molecule has 104 valence electrons. The van der Waals surface area contributed by atoms with Crippen LogP contribution in [0.5, 0.6) is 5.88 Å². The van der Waals surface area contributed by atoms with Gasteiger partial charge in [0, 0.05) is 7.11 Å². The van der Waals surface area contributed by atoms with E-state index in [1.165, 1.54) is 11.3 Å². The van der Waals surface area contributed by atoms with Crippen molar-refractivity contribution in [2.45, 2.75) is 0 Å². The van der Waals surface area contributed by atoms with E-state index in [-0.39, 0.29) is 0 Å². The standard InChI is InChI=1S/C11H16N4O3S/c1-16-3-4-17-5-6-18-9-8-2-7-19-10(8)14-11(13-9)15-12/h2,7H,3-6,12H2,1H3,(H,13,14,15). The Kier molecular flexibility index (Phi) is 5.28. The average molecular weight is 284 g/mol. The molecule has 19 heavy (non-hydrogen) atoms. The number of fused-ring (bicyclic) bond motifs is 1. The lowest BCUT2D eigenvalue weighted by atomic mass is 10.4. The van der Waals surface area contributed by atoms with Crippen LogP contribution in [0.2, 0.25) is 0 Å². The number of aromatic nitrogens is 2. The molecule has 0 aliphatic heterocycles. The minimum Gasteiger partial charge on any atom is -0.475 e. The second-order valence-corrected chi connectivity index (χ2v) is 4.48. The van der Waals surface area contributed by atoms with Gasteiger partial charge >= 0.3 is 0 Å². The molecule has 0 aromatic carbocycles. The van der Waals surface area contributed by atoms with Crippen molar-refractivity contribution in [2.75, 3.05) is 39.0 Å². The van der Waals surface area contributed by atoms with Gasteiger partial charge in [-0.3, -0.25) is 5.43 Å². The normalized spacial score (nSPS) is 10.8. The van der Waals surface area contributed by atoms with Crippen LogP contribution in [-0.4, -0.2) is 43.5 Å². The Hall–Kier alpha value is -1.48. The summed E-state index contributed by atoms with van der Waals surface area (Å²) < 4.78 is 15.8. The average Bonchev–Trinajstić information content (AvgIpc) is 2.90. The van der Waals surface area contributed by atoms with Crippen LogP contribution in [0.1, 0.15) is 0 Å². The maximum Gasteiger partial charge on any atom is 0.241 e. The predicted octanol–water partition coefficient (Wildman–Crippen LogP) is 1.02. The molecule has 0 amide bonds. The quantitative estimate of drug-likeness (QED) is 0.425. The molecule has 0 spiro atoms. The second-order valence-electron chi connectivity index (χ2n) is 3.59. The molecule has 0 atom stereocenters. The third-order valence-corrected chi connectivity index (χ3v) is 3.12. The zero-order chi connectivity index (χ0) is 13.5. The zero-order valence-electron chi connectivity index (χ0n) is 10.6. The van der Waals surface area contributed by atoms with Gasteiger partial charge in [-0.1, -0.05) is 0 Å². The van der Waals surface area contributed by atoms with Crippen molar-refractivity contribution < 1.29 is 14.2 Å². The molecule has 0 saturated heterocycles. The third-order valence-electron chi connectivity index (χ3n) is 2.32. The number of nitrogens with one attached hydrogen (secondary N) is 1. The topological polar surface area (TPSA) is 91.5 Å². The zero-order valence-corrected chi connectivity index (χ0v) is 11.4. The van der Waals surface area contributed by atoms with Gasteiger partial charge in [-0.15, -0.1) is 11.3 Å². The summed E-state index contributed by atoms with van der Waals surface area (Å²) in [6, 6.07) is 1.92. The SMILES string of the molecule is COCCOCCOc1nc(NN)nc2sccc12. The number of nitrogens with two attached hydrogens (primary N) is 1. The molecule has 2 rings (SSSR count). The van der Waals surface area contributed by atoms with E-state index in [9.17, 15) is 0 Å². The first-order valence-electron chi connectivity index (χ1n) is 5.76. The molecule has 0 fully saturated rings. The number of nitrogens with zero attached hydrogens (tertiary/aromatic N) is 2. The first kappa shape index (κ1) is 13.9. The Morgan fingerprint density at radius 3 is 2.89 bits per heavy atom. The second kappa shape index (κ2) is 7.19. The van der Waals surface area contributed by atoms with Crippen molar-refractivity contribution in [2.24, 2.45) is 5.84 Å². The molecular weight excluding hydrogens is 268 g/mol. The van der Waals surface area contributed by atoms with Crippen molar-refractivity contribution in [3.05, 3.63) is 11.4 Å². The fraction of sp³-hybridized carbons (Fsp3) is 0.455. The van der Waals surface area contributed by atoms with Crippen molar-refractivity contribution in [1.29, 1.82) is 0 Å². The van der Waals surface area contributed by atoms with E-state index >= 15 is 0 Å². The highest BCUT2D eigenvalue weighted by Gasteiger charge is 2.09. The van der Waals surface area contributed by atoms with E-state index in [4.69, 9.17) is 20.1 Å². The Bertz CT molecular complexity index is 520. The van der Waals surface area contributed by atoms with Gasteiger partial charge in [-0.05, 0) is 11.4 Å². The molecular formula is C11H16N4O3S. The number of hydrazine groups is 1. The number of nitrogen functional groups attached to an aromatic ring is 1. The Labute approximate surface area is 114 Å². The van der Waals surface area contributed by atoms with Crippen LogP contribution < -0.4 is 16.0 Å². The number of anilines is 1. The first-order chi connectivity index (χ1) is 9.35. The summed E-state index contributed by atoms with van der Waals surface area (Å²) in [5, 5.41) is 2.81. The van der Waals surface area contributed by atoms with Crippen LogP contribution in [0, 0.1) is 0 Å². The molecule has 0 aliphatic rings. The highest BCUT2D eigenvalue weighted by molar-refractivity contribution is 7.16. The molecule has 2 aromatic heterocycles. The minimum atomic E-state index is 0.338. The van der Waals surface area contributed by atoms with E-state index in [1.54, 1.807) is 7.11 Å². The highest BCUT2D eigenvalue weighted by Crippen LogP contribution is 2.27. The summed E-state index contributed by atoms with van der Waals surface area (Å²) in [7, 11) is 1.63. The van der Waals surface area contributed by atoms with Crippen molar-refractivity contribution in [3.63, 3.8) is 0 Å². The largest absolute Gasteiger partial charge is 0.475 e. The number of rotatable bonds is 8. The summed E-state index contributed by atoms with van der Waals surface area (Å²) in [6.45, 7) is 2.01. The molecule has 0 unspecified atom stereocenters. The molecule has 2 heterocycles. The van der Waals surface area contributed by atoms with Gasteiger partial charge in [0.05, 0.1) is 25.2 Å². The highest BCUT2D eigenvalue weighted by atomic mass is 32.1. The Balaban J connectivity index is 1.93. The van der Waals surface area contributed by atoms with Crippen molar-refractivity contribution in [3.8, 4) is 5.88 Å². The number of ether oxygens (including phenoxy) is 3. The van der Waals surface area contributed by atoms with Crippen molar-refractivity contribution in [1.82, 2.24) is 9.97 Å². The van der Waals surface area contributed by atoms with Crippen LogP contribution in [0.25, 0.3) is 10.2 Å². The molecule has 0 bridgehead atoms. The van der Waals surface area contributed by atoms with Crippen LogP contribution in [0.4, 0.5) is 5.95 Å². The number of thiophene rings is 1. The van der Waals surface area contributed by atoms with E-state index in [2.05, 4.69) is 15.4 Å². The molecule has 0 radical (unpaired) electrons. The summed E-state index contributed by atoms with van der Waals surface area (Å²) in [4.78, 5) is 9.24. The lowest BCUT2D eigenvalue weighted by Gasteiger charge is -2.08. The Morgan fingerprint density at radius 2 is 2.11 bits per heavy atom. The molecule has 7 nitrogen and oxygen atoms in total. The van der Waals surface area contributed by atoms with Gasteiger partial charge in [-0.2, -0.15) is 4.98 Å². The van der Waals surface area contributed by atoms with Gasteiger partial charge in [0.2, 0.25) is 11.8 Å². The summed E-state index contributed by atoms with van der Waals surface area (Å²) in [5.41, 5.74) is 2.42. The molecule has 8 heteroatoms. The van der Waals surface area contributed by atoms with Gasteiger partial charge in [-0.25, -0.2) is 10.8 Å². The molecule has 0 aliphatic carbocycles. The fourth-order valence-electron chi connectivity index (χ4n) is 1.44. The third kappa shape index (κ3) is 3.74. The maximum atomic E-state index is 5.59. The summed E-state index contributed by atoms with van der Waals surface area (Å²) >= 11 is 1.51. The summed E-state index contributed by atoms with van der Waals surface area (Å²) in [6.07, 6.45) is 0. The van der Waals surface area contributed by atoms with Crippen LogP contribution >= 0.6 is 11.3 Å². The van der Waals surface area contributed by atoms with Crippen LogP contribution in [-0.2, 0) is 9.47 Å². The molecule has 3 N–H and O–H groups in total. The van der Waals surface area contributed by atoms with Crippen LogP contribution in [0.3, 0.4) is 0 Å². The smallest absolute Gasteiger partial charge is 0.241 e. The van der Waals surface area contributed by atoms with E-state index in [0.717, 1.165) is 10.2 Å². The number of hydrogen-bond acceptors (Lipinski definition) is 8. The monoisotopic (exact) mass is 284 g/mol. The summed E-state index contributed by atoms with van der Waals surface area (Å²) in [5.74, 6) is 6.17. The van der Waals surface area contributed by atoms with E-state index in [0.29, 0.717) is 38.3 Å². The minimum absolute atomic E-state index is 0.338. The van der Waals surface area contributed by atoms with Crippen LogP contribution in [0.15, 0.2) is 11.4 Å². The predicted molar refractivity (Wildman–Crippen MR) is 73.4 cm³/mol. The van der Waals surface area contributed by atoms with Gasteiger partial charge in [0.1, 0.15) is 11.4 Å². The maximum absolute atomic E-state index is 5.59. The van der Waals surface area contributed by atoms with Gasteiger partial charge in [0.25, 0.3) is 0 Å². The van der Waals surface area contributed by atoms with Crippen molar-refractivity contribution >= 4 is 27.5 Å². The molecule has 0 saturated carbocycles. The van der Waals surface area contributed by atoms with Gasteiger partial charge < -0.3 is 14.2 Å². The lowest BCUT2D eigenvalue weighted by Crippen LogP contribution is -2.13. The van der Waals surface area contributed by atoms with Gasteiger partial charge in [0.15, 0.2) is 0 Å². The van der Waals surface area contributed by atoms with E-state index in [1.807, 2.05) is 11.4 Å². The molecule has 2 aromatic rings. The number of methoxy groups -OCH3 is 1. The lowest BCUT2D eigenvalue weighted by molar-refractivity contribution is 0.0540. The fourth-order valence-corrected chi connectivity index (χ4v) is 2.20. The number of hydrogen-bond donors (Lipinski definition) is 2. The Morgan fingerprint density at radius 1 is 1.26 bits per heavy atom. The first-order valence-corrected chi connectivity index (χ1v) is 6.64.